The third-order valence-corrected chi connectivity index (χ3v) is 14.4. The summed E-state index contributed by atoms with van der Waals surface area (Å²) in [6, 6.07) is 93.2. The molecule has 1 spiro atoms. The Kier molecular flexibility index (Phi) is 8.50. The van der Waals surface area contributed by atoms with Crippen molar-refractivity contribution in [1.82, 2.24) is 0 Å². The molecule has 3 nitrogen and oxygen atoms in total. The Morgan fingerprint density at radius 2 is 0.824 bits per heavy atom. The van der Waals surface area contributed by atoms with Crippen LogP contribution in [0.25, 0.3) is 66.1 Å². The Morgan fingerprint density at radius 1 is 0.279 bits per heavy atom. The minimum atomic E-state index is -0.520. The van der Waals surface area contributed by atoms with Crippen LogP contribution >= 0.6 is 0 Å². The molecule has 2 aliphatic carbocycles. The first-order chi connectivity index (χ1) is 33.7. The van der Waals surface area contributed by atoms with Crippen LogP contribution in [0.3, 0.4) is 0 Å². The second kappa shape index (κ2) is 15.1. The Labute approximate surface area is 395 Å². The predicted octanol–water partition coefficient (Wildman–Crippen LogP) is 17.7. The van der Waals surface area contributed by atoms with E-state index in [1.165, 1.54) is 55.3 Å². The van der Waals surface area contributed by atoms with Crippen molar-refractivity contribution in [2.45, 2.75) is 5.41 Å². The lowest BCUT2D eigenvalue weighted by atomic mass is 9.70. The molecule has 14 rings (SSSR count). The SMILES string of the molecule is c1ccc(N(c2ccccc2)c2cc(-c3ccc4oc5ccccc5c4c3)cc(N(c3ccccc3)c3ccc4c(c3)C3(c5ccccc5-c5ccccc53)c3ccc5ccccc5c3-4)c2)cc1. The fraction of sp³-hybridized carbons (Fsp3) is 0.0154. The molecule has 0 bridgehead atoms. The highest BCUT2D eigenvalue weighted by Gasteiger charge is 2.52. The first kappa shape index (κ1) is 38.4. The minimum Gasteiger partial charge on any atom is -0.456 e. The van der Waals surface area contributed by atoms with Gasteiger partial charge in [0.25, 0.3) is 0 Å². The molecule has 1 aromatic heterocycles. The molecule has 0 atom stereocenters. The molecule has 0 aliphatic heterocycles. The van der Waals surface area contributed by atoms with Crippen molar-refractivity contribution >= 4 is 66.8 Å². The second-order valence-corrected chi connectivity index (χ2v) is 18.0. The summed E-state index contributed by atoms with van der Waals surface area (Å²) >= 11 is 0. The highest BCUT2D eigenvalue weighted by atomic mass is 16.3. The molecule has 11 aromatic carbocycles. The van der Waals surface area contributed by atoms with Gasteiger partial charge in [0.05, 0.1) is 5.41 Å². The molecular weight excluding hydrogens is 825 g/mol. The molecule has 0 radical (unpaired) electrons. The van der Waals surface area contributed by atoms with E-state index in [1.807, 2.05) is 12.1 Å². The molecule has 0 amide bonds. The molecule has 3 heteroatoms. The third-order valence-electron chi connectivity index (χ3n) is 14.4. The van der Waals surface area contributed by atoms with E-state index in [0.29, 0.717) is 0 Å². The minimum absolute atomic E-state index is 0.520. The van der Waals surface area contributed by atoms with Gasteiger partial charge < -0.3 is 14.2 Å². The van der Waals surface area contributed by atoms with Gasteiger partial charge in [-0.15, -0.1) is 0 Å². The summed E-state index contributed by atoms with van der Waals surface area (Å²) in [5, 5.41) is 4.73. The summed E-state index contributed by atoms with van der Waals surface area (Å²) in [7, 11) is 0. The van der Waals surface area contributed by atoms with Crippen molar-refractivity contribution in [2.24, 2.45) is 0 Å². The van der Waals surface area contributed by atoms with Crippen LogP contribution in [-0.2, 0) is 5.41 Å². The molecule has 12 aromatic rings. The predicted molar refractivity (Wildman–Crippen MR) is 282 cm³/mol. The van der Waals surface area contributed by atoms with Crippen LogP contribution in [0.4, 0.5) is 34.1 Å². The van der Waals surface area contributed by atoms with Gasteiger partial charge in [-0.05, 0) is 151 Å². The zero-order valence-corrected chi connectivity index (χ0v) is 37.1. The Hall–Kier alpha value is -8.92. The van der Waals surface area contributed by atoms with Crippen LogP contribution in [0.5, 0.6) is 0 Å². The Bertz CT molecular complexity index is 3840. The average molecular weight is 867 g/mol. The Balaban J connectivity index is 1.05. The van der Waals surface area contributed by atoms with Crippen LogP contribution in [0.1, 0.15) is 22.3 Å². The number of furan rings is 1. The lowest BCUT2D eigenvalue weighted by Crippen LogP contribution is -2.26. The molecule has 2 aliphatic rings. The van der Waals surface area contributed by atoms with Gasteiger partial charge in [0.2, 0.25) is 0 Å². The number of anilines is 6. The maximum Gasteiger partial charge on any atom is 0.135 e. The fourth-order valence-electron chi connectivity index (χ4n) is 11.6. The molecule has 0 N–H and O–H groups in total. The summed E-state index contributed by atoms with van der Waals surface area (Å²) in [4.78, 5) is 4.82. The lowest BCUT2D eigenvalue weighted by molar-refractivity contribution is 0.669. The van der Waals surface area contributed by atoms with Gasteiger partial charge in [0.15, 0.2) is 0 Å². The van der Waals surface area contributed by atoms with E-state index in [9.17, 15) is 0 Å². The number of fused-ring (bicyclic) bond motifs is 15. The van der Waals surface area contributed by atoms with Crippen LogP contribution in [0.2, 0.25) is 0 Å². The van der Waals surface area contributed by atoms with Gasteiger partial charge in [-0.2, -0.15) is 0 Å². The molecule has 0 saturated carbocycles. The molecule has 0 unspecified atom stereocenters. The van der Waals surface area contributed by atoms with Gasteiger partial charge in [0, 0.05) is 44.9 Å². The third kappa shape index (κ3) is 5.66. The van der Waals surface area contributed by atoms with Crippen molar-refractivity contribution in [3.63, 3.8) is 0 Å². The number of benzene rings is 11. The monoisotopic (exact) mass is 866 g/mol. The van der Waals surface area contributed by atoms with E-state index in [4.69, 9.17) is 4.42 Å². The van der Waals surface area contributed by atoms with E-state index in [2.05, 4.69) is 252 Å². The number of nitrogens with zero attached hydrogens (tertiary/aromatic N) is 2. The summed E-state index contributed by atoms with van der Waals surface area (Å²) in [6.07, 6.45) is 0. The van der Waals surface area contributed by atoms with Gasteiger partial charge in [-0.25, -0.2) is 0 Å². The fourth-order valence-corrected chi connectivity index (χ4v) is 11.6. The summed E-state index contributed by atoms with van der Waals surface area (Å²) in [5.74, 6) is 0. The second-order valence-electron chi connectivity index (χ2n) is 18.0. The van der Waals surface area contributed by atoms with Gasteiger partial charge in [-0.1, -0.05) is 170 Å². The maximum absolute atomic E-state index is 6.35. The molecule has 1 heterocycles. The van der Waals surface area contributed by atoms with Crippen molar-refractivity contribution in [3.05, 3.63) is 277 Å². The van der Waals surface area contributed by atoms with E-state index in [-0.39, 0.29) is 0 Å². The number of hydrogen-bond donors (Lipinski definition) is 0. The van der Waals surface area contributed by atoms with Crippen LogP contribution in [0.15, 0.2) is 259 Å². The topological polar surface area (TPSA) is 19.6 Å². The number of para-hydroxylation sites is 4. The van der Waals surface area contributed by atoms with Crippen molar-refractivity contribution in [1.29, 1.82) is 0 Å². The quantitative estimate of drug-likeness (QED) is 0.159. The van der Waals surface area contributed by atoms with Crippen molar-refractivity contribution in [3.8, 4) is 33.4 Å². The molecule has 0 fully saturated rings. The Morgan fingerprint density at radius 3 is 1.49 bits per heavy atom. The van der Waals surface area contributed by atoms with Crippen LogP contribution in [0, 0.1) is 0 Å². The molecule has 318 valence electrons. The van der Waals surface area contributed by atoms with Gasteiger partial charge >= 0.3 is 0 Å². The molecular formula is C65H42N2O. The van der Waals surface area contributed by atoms with Crippen molar-refractivity contribution in [2.75, 3.05) is 9.80 Å². The highest BCUT2D eigenvalue weighted by molar-refractivity contribution is 6.08. The summed E-state index contributed by atoms with van der Waals surface area (Å²) in [6.45, 7) is 0. The smallest absolute Gasteiger partial charge is 0.135 e. The lowest BCUT2D eigenvalue weighted by Gasteiger charge is -2.33. The summed E-state index contributed by atoms with van der Waals surface area (Å²) < 4.78 is 6.35. The van der Waals surface area contributed by atoms with Crippen molar-refractivity contribution < 1.29 is 4.42 Å². The first-order valence-corrected chi connectivity index (χ1v) is 23.4. The molecule has 0 saturated heterocycles. The first-order valence-electron chi connectivity index (χ1n) is 23.4. The van der Waals surface area contributed by atoms with E-state index >= 15 is 0 Å². The number of hydrogen-bond acceptors (Lipinski definition) is 3. The zero-order valence-electron chi connectivity index (χ0n) is 37.1. The number of rotatable bonds is 7. The standard InChI is InChI=1S/C65H42N2O/c1-4-19-46(20-5-1)66(47-21-6-2-7-22-47)50-38-45(44-33-37-63-57(40-44)55-28-14-17-31-62(55)68-63)39-51(41-50)67(48-23-8-3-9-24-48)49-34-35-56-61(42-49)65(60-36-32-43-18-10-11-25-52(43)64(56)60)58-29-15-12-26-53(58)54-27-13-16-30-59(54)65/h1-42H. The maximum atomic E-state index is 6.35. The zero-order chi connectivity index (χ0) is 44.8. The van der Waals surface area contributed by atoms with Crippen LogP contribution < -0.4 is 9.80 Å². The van der Waals surface area contributed by atoms with Gasteiger partial charge in [0.1, 0.15) is 11.2 Å². The summed E-state index contributed by atoms with van der Waals surface area (Å²) in [5.41, 5.74) is 20.3. The van der Waals surface area contributed by atoms with Gasteiger partial charge in [-0.3, -0.25) is 0 Å². The largest absolute Gasteiger partial charge is 0.456 e. The van der Waals surface area contributed by atoms with Crippen LogP contribution in [-0.4, -0.2) is 0 Å². The van der Waals surface area contributed by atoms with E-state index in [0.717, 1.165) is 67.2 Å². The molecule has 68 heavy (non-hydrogen) atoms. The highest BCUT2D eigenvalue weighted by Crippen LogP contribution is 2.64. The van der Waals surface area contributed by atoms with E-state index in [1.54, 1.807) is 0 Å². The normalized spacial score (nSPS) is 12.8. The van der Waals surface area contributed by atoms with E-state index < -0.39 is 5.41 Å². The average Bonchev–Trinajstić information content (AvgIpc) is 4.03.